The number of hydrogen-bond acceptors (Lipinski definition) is 6. The zero-order valence-electron chi connectivity index (χ0n) is 19.3. The fraction of sp³-hybridized carbons (Fsp3) is 0.111. The van der Waals surface area contributed by atoms with Crippen molar-refractivity contribution >= 4 is 17.7 Å². The highest BCUT2D eigenvalue weighted by molar-refractivity contribution is 6.04. The maximum Gasteiger partial charge on any atom is 0.251 e. The predicted molar refractivity (Wildman–Crippen MR) is 133 cm³/mol. The quantitative estimate of drug-likeness (QED) is 0.338. The molecular formula is C27H24N6O3. The van der Waals surface area contributed by atoms with Gasteiger partial charge in [-0.3, -0.25) is 29.3 Å². The van der Waals surface area contributed by atoms with Gasteiger partial charge in [0.1, 0.15) is 0 Å². The molecule has 3 aromatic heterocycles. The van der Waals surface area contributed by atoms with Gasteiger partial charge in [0.15, 0.2) is 0 Å². The van der Waals surface area contributed by atoms with Crippen LogP contribution in [0.1, 0.15) is 48.2 Å². The first-order valence-electron chi connectivity index (χ1n) is 11.3. The van der Waals surface area contributed by atoms with Crippen molar-refractivity contribution < 1.29 is 14.4 Å². The number of pyridine rings is 3. The summed E-state index contributed by atoms with van der Waals surface area (Å²) in [6.45, 7) is 0.616. The van der Waals surface area contributed by atoms with E-state index in [0.717, 1.165) is 0 Å². The molecule has 0 atom stereocenters. The third-order valence-corrected chi connectivity index (χ3v) is 5.19. The first-order chi connectivity index (χ1) is 17.6. The second-order valence-electron chi connectivity index (χ2n) is 7.81. The average molecular weight is 481 g/mol. The zero-order valence-corrected chi connectivity index (χ0v) is 19.3. The number of carbonyl (C=O) groups excluding carboxylic acids is 3. The van der Waals surface area contributed by atoms with Gasteiger partial charge in [0.2, 0.25) is 0 Å². The molecule has 0 aliphatic carbocycles. The highest BCUT2D eigenvalue weighted by Gasteiger charge is 2.17. The minimum atomic E-state index is -0.432. The largest absolute Gasteiger partial charge is 0.346 e. The summed E-state index contributed by atoms with van der Waals surface area (Å²) < 4.78 is 0. The first kappa shape index (κ1) is 24.2. The van der Waals surface area contributed by atoms with Crippen molar-refractivity contribution in [3.8, 4) is 0 Å². The number of hydrogen-bond donors (Lipinski definition) is 3. The maximum absolute atomic E-state index is 12.9. The van der Waals surface area contributed by atoms with Crippen LogP contribution in [0.15, 0.2) is 91.4 Å². The lowest BCUT2D eigenvalue weighted by molar-refractivity contribution is 0.0950. The number of benzene rings is 1. The summed E-state index contributed by atoms with van der Waals surface area (Å²) in [5, 5.41) is 8.34. The Morgan fingerprint density at radius 1 is 0.500 bits per heavy atom. The van der Waals surface area contributed by atoms with E-state index in [4.69, 9.17) is 0 Å². The lowest BCUT2D eigenvalue weighted by Gasteiger charge is -2.11. The summed E-state index contributed by atoms with van der Waals surface area (Å²) in [7, 11) is 0. The van der Waals surface area contributed by atoms with Crippen LogP contribution >= 0.6 is 0 Å². The second-order valence-corrected chi connectivity index (χ2v) is 7.81. The van der Waals surface area contributed by atoms with Gasteiger partial charge < -0.3 is 16.0 Å². The number of carbonyl (C=O) groups is 3. The minimum absolute atomic E-state index is 0.180. The van der Waals surface area contributed by atoms with Crippen LogP contribution in [0.5, 0.6) is 0 Å². The Balaban J connectivity index is 1.52. The van der Waals surface area contributed by atoms with Crippen molar-refractivity contribution in [1.82, 2.24) is 30.9 Å². The molecule has 0 fully saturated rings. The van der Waals surface area contributed by atoms with Crippen LogP contribution in [0.25, 0.3) is 0 Å². The summed E-state index contributed by atoms with van der Waals surface area (Å²) in [4.78, 5) is 51.3. The molecule has 0 unspecified atom stereocenters. The topological polar surface area (TPSA) is 126 Å². The molecule has 36 heavy (non-hydrogen) atoms. The van der Waals surface area contributed by atoms with Crippen molar-refractivity contribution in [2.75, 3.05) is 0 Å². The van der Waals surface area contributed by atoms with E-state index in [1.807, 2.05) is 18.2 Å². The molecule has 9 heteroatoms. The van der Waals surface area contributed by atoms with E-state index in [1.54, 1.807) is 55.0 Å². The lowest BCUT2D eigenvalue weighted by Crippen LogP contribution is -2.28. The molecule has 3 heterocycles. The Labute approximate surface area is 208 Å². The fourth-order valence-electron chi connectivity index (χ4n) is 3.35. The molecule has 4 aromatic rings. The standard InChI is InChI=1S/C27H24N6O3/c34-25(31-16-22-7-1-4-10-28-22)19-13-20(26(35)32-17-23-8-2-5-11-29-23)15-21(14-19)27(36)33-18-24-9-3-6-12-30-24/h1-15H,16-18H2,(H,31,34)(H,32,35)(H,33,36). The van der Waals surface area contributed by atoms with Gasteiger partial charge in [0.25, 0.3) is 17.7 Å². The zero-order chi connectivity index (χ0) is 25.2. The van der Waals surface area contributed by atoms with Crippen LogP contribution in [-0.4, -0.2) is 32.7 Å². The van der Waals surface area contributed by atoms with Gasteiger partial charge in [-0.25, -0.2) is 0 Å². The van der Waals surface area contributed by atoms with Gasteiger partial charge >= 0.3 is 0 Å². The highest BCUT2D eigenvalue weighted by atomic mass is 16.2. The summed E-state index contributed by atoms with van der Waals surface area (Å²) in [6.07, 6.45) is 4.91. The Morgan fingerprint density at radius 2 is 0.806 bits per heavy atom. The molecule has 0 radical (unpaired) electrons. The van der Waals surface area contributed by atoms with Gasteiger partial charge in [0, 0.05) is 35.3 Å². The Hall–Kier alpha value is -4.92. The van der Waals surface area contributed by atoms with Crippen molar-refractivity contribution in [3.63, 3.8) is 0 Å². The van der Waals surface area contributed by atoms with Crippen LogP contribution in [0.2, 0.25) is 0 Å². The van der Waals surface area contributed by atoms with E-state index in [2.05, 4.69) is 30.9 Å². The predicted octanol–water partition coefficient (Wildman–Crippen LogP) is 2.66. The number of aromatic nitrogens is 3. The van der Waals surface area contributed by atoms with E-state index in [9.17, 15) is 14.4 Å². The van der Waals surface area contributed by atoms with Crippen molar-refractivity contribution in [1.29, 1.82) is 0 Å². The molecule has 180 valence electrons. The van der Waals surface area contributed by atoms with E-state index in [-0.39, 0.29) is 36.3 Å². The first-order valence-corrected chi connectivity index (χ1v) is 11.3. The average Bonchev–Trinajstić information content (AvgIpc) is 2.94. The Kier molecular flexibility index (Phi) is 8.06. The lowest BCUT2D eigenvalue weighted by atomic mass is 10.0. The Morgan fingerprint density at radius 3 is 1.06 bits per heavy atom. The fourth-order valence-corrected chi connectivity index (χ4v) is 3.35. The minimum Gasteiger partial charge on any atom is -0.346 e. The monoisotopic (exact) mass is 480 g/mol. The third-order valence-electron chi connectivity index (χ3n) is 5.19. The molecule has 3 amide bonds. The third kappa shape index (κ3) is 6.80. The summed E-state index contributed by atoms with van der Waals surface area (Å²) in [5.41, 5.74) is 2.59. The van der Waals surface area contributed by atoms with Gasteiger partial charge in [-0.1, -0.05) is 18.2 Å². The number of nitrogens with zero attached hydrogens (tertiary/aromatic N) is 3. The highest BCUT2D eigenvalue weighted by Crippen LogP contribution is 2.13. The molecule has 1 aromatic carbocycles. The van der Waals surface area contributed by atoms with E-state index >= 15 is 0 Å². The Bertz CT molecular complexity index is 1150. The molecule has 0 aliphatic heterocycles. The molecule has 9 nitrogen and oxygen atoms in total. The summed E-state index contributed by atoms with van der Waals surface area (Å²) >= 11 is 0. The van der Waals surface area contributed by atoms with Gasteiger partial charge in [-0.05, 0) is 54.6 Å². The number of amides is 3. The van der Waals surface area contributed by atoms with Crippen molar-refractivity contribution in [3.05, 3.63) is 125 Å². The van der Waals surface area contributed by atoms with Gasteiger partial charge in [0.05, 0.1) is 36.7 Å². The molecule has 0 spiro atoms. The normalized spacial score (nSPS) is 10.3. The van der Waals surface area contributed by atoms with Gasteiger partial charge in [-0.2, -0.15) is 0 Å². The molecular weight excluding hydrogens is 456 g/mol. The summed E-state index contributed by atoms with van der Waals surface area (Å²) in [6, 6.07) is 20.6. The molecule has 3 N–H and O–H groups in total. The molecule has 0 saturated heterocycles. The second kappa shape index (κ2) is 12.0. The molecule has 0 bridgehead atoms. The number of nitrogens with one attached hydrogen (secondary N) is 3. The summed E-state index contributed by atoms with van der Waals surface area (Å²) in [5.74, 6) is -1.29. The van der Waals surface area contributed by atoms with Gasteiger partial charge in [-0.15, -0.1) is 0 Å². The SMILES string of the molecule is O=C(NCc1ccccn1)c1cc(C(=O)NCc2ccccn2)cc(C(=O)NCc2ccccn2)c1. The maximum atomic E-state index is 12.9. The number of rotatable bonds is 9. The van der Waals surface area contributed by atoms with E-state index < -0.39 is 17.7 Å². The van der Waals surface area contributed by atoms with Crippen molar-refractivity contribution in [2.45, 2.75) is 19.6 Å². The van der Waals surface area contributed by atoms with Crippen LogP contribution in [0.3, 0.4) is 0 Å². The van der Waals surface area contributed by atoms with Crippen LogP contribution in [0.4, 0.5) is 0 Å². The molecule has 0 saturated carbocycles. The molecule has 4 rings (SSSR count). The molecule has 0 aliphatic rings. The van der Waals surface area contributed by atoms with Crippen LogP contribution < -0.4 is 16.0 Å². The van der Waals surface area contributed by atoms with Crippen LogP contribution in [-0.2, 0) is 19.6 Å². The van der Waals surface area contributed by atoms with Crippen LogP contribution in [0, 0.1) is 0 Å². The van der Waals surface area contributed by atoms with Crippen molar-refractivity contribution in [2.24, 2.45) is 0 Å². The van der Waals surface area contributed by atoms with E-state index in [0.29, 0.717) is 17.1 Å². The smallest absolute Gasteiger partial charge is 0.251 e. The van der Waals surface area contributed by atoms with E-state index in [1.165, 1.54) is 18.2 Å².